The van der Waals surface area contributed by atoms with Crippen LogP contribution in [0.2, 0.25) is 0 Å². The Balaban J connectivity index is 1.87. The second-order valence-electron chi connectivity index (χ2n) is 6.01. The second-order valence-corrected chi connectivity index (χ2v) is 6.01. The lowest BCUT2D eigenvalue weighted by atomic mass is 10.1. The molecule has 1 fully saturated rings. The summed E-state index contributed by atoms with van der Waals surface area (Å²) in [5, 5.41) is 5.96. The van der Waals surface area contributed by atoms with Crippen LogP contribution in [0.3, 0.4) is 0 Å². The first kappa shape index (κ1) is 16.1. The van der Waals surface area contributed by atoms with Crippen molar-refractivity contribution in [3.8, 4) is 5.88 Å². The standard InChI is InChI=1S/C18H19N3O3/c1-11-6-9-14(21-23)13(10-11)18(22)20-17(12-7-8-12)15-4-3-5-16(19-15)24-2/h3-6,9-10,12,17H,7-8H2,1-2H3,(H,20,22). The van der Waals surface area contributed by atoms with Crippen LogP contribution in [0.1, 0.15) is 40.5 Å². The SMILES string of the molecule is COc1cccc(C(NC(=O)c2cc(C)ccc2N=O)C2CC2)n1. The van der Waals surface area contributed by atoms with Gasteiger partial charge in [-0.2, -0.15) is 0 Å². The van der Waals surface area contributed by atoms with Crippen LogP contribution in [0.25, 0.3) is 0 Å². The quantitative estimate of drug-likeness (QED) is 0.822. The second kappa shape index (κ2) is 6.78. The lowest BCUT2D eigenvalue weighted by Gasteiger charge is -2.19. The highest BCUT2D eigenvalue weighted by Crippen LogP contribution is 2.41. The Labute approximate surface area is 140 Å². The van der Waals surface area contributed by atoms with Crippen molar-refractivity contribution < 1.29 is 9.53 Å². The van der Waals surface area contributed by atoms with Crippen molar-refractivity contribution in [1.82, 2.24) is 10.3 Å². The zero-order valence-electron chi connectivity index (χ0n) is 13.7. The zero-order chi connectivity index (χ0) is 17.1. The van der Waals surface area contributed by atoms with Crippen molar-refractivity contribution in [3.05, 3.63) is 58.1 Å². The minimum Gasteiger partial charge on any atom is -0.481 e. The van der Waals surface area contributed by atoms with Crippen molar-refractivity contribution in [3.63, 3.8) is 0 Å². The molecule has 2 aromatic rings. The summed E-state index contributed by atoms with van der Waals surface area (Å²) in [6.07, 6.45) is 2.08. The molecule has 6 nitrogen and oxygen atoms in total. The molecule has 1 amide bonds. The Bertz CT molecular complexity index is 772. The van der Waals surface area contributed by atoms with Crippen LogP contribution < -0.4 is 10.1 Å². The average Bonchev–Trinajstić information content (AvgIpc) is 3.44. The van der Waals surface area contributed by atoms with Crippen LogP contribution >= 0.6 is 0 Å². The van der Waals surface area contributed by atoms with E-state index < -0.39 is 0 Å². The minimum absolute atomic E-state index is 0.145. The molecule has 0 radical (unpaired) electrons. The fourth-order valence-corrected chi connectivity index (χ4v) is 2.71. The molecule has 1 aromatic heterocycles. The fourth-order valence-electron chi connectivity index (χ4n) is 2.71. The van der Waals surface area contributed by atoms with E-state index in [0.29, 0.717) is 17.4 Å². The van der Waals surface area contributed by atoms with Gasteiger partial charge in [0.05, 0.1) is 24.4 Å². The Morgan fingerprint density at radius 3 is 2.79 bits per heavy atom. The number of aryl methyl sites for hydroxylation is 1. The number of aromatic nitrogens is 1. The van der Waals surface area contributed by atoms with Gasteiger partial charge in [-0.3, -0.25) is 4.79 Å². The van der Waals surface area contributed by atoms with Gasteiger partial charge < -0.3 is 10.1 Å². The molecule has 6 heteroatoms. The third-order valence-electron chi connectivity index (χ3n) is 4.15. The monoisotopic (exact) mass is 325 g/mol. The zero-order valence-corrected chi connectivity index (χ0v) is 13.7. The molecule has 24 heavy (non-hydrogen) atoms. The highest BCUT2D eigenvalue weighted by Gasteiger charge is 2.35. The third-order valence-corrected chi connectivity index (χ3v) is 4.15. The summed E-state index contributed by atoms with van der Waals surface area (Å²) in [6, 6.07) is 10.3. The highest BCUT2D eigenvalue weighted by atomic mass is 16.5. The molecule has 1 N–H and O–H groups in total. The fraction of sp³-hybridized carbons (Fsp3) is 0.333. The Morgan fingerprint density at radius 1 is 1.33 bits per heavy atom. The number of carbonyl (C=O) groups excluding carboxylic acids is 1. The van der Waals surface area contributed by atoms with Crippen molar-refractivity contribution in [2.24, 2.45) is 11.1 Å². The van der Waals surface area contributed by atoms with Crippen LogP contribution in [-0.4, -0.2) is 18.0 Å². The summed E-state index contributed by atoms with van der Waals surface area (Å²) in [4.78, 5) is 28.1. The van der Waals surface area contributed by atoms with Gasteiger partial charge in [0.2, 0.25) is 5.88 Å². The smallest absolute Gasteiger partial charge is 0.254 e. The Kier molecular flexibility index (Phi) is 4.55. The van der Waals surface area contributed by atoms with E-state index in [4.69, 9.17) is 4.74 Å². The number of ether oxygens (including phenoxy) is 1. The third kappa shape index (κ3) is 3.42. The van der Waals surface area contributed by atoms with E-state index in [-0.39, 0.29) is 17.6 Å². The molecule has 0 aliphatic heterocycles. The first-order chi connectivity index (χ1) is 11.6. The van der Waals surface area contributed by atoms with Gasteiger partial charge in [-0.15, -0.1) is 4.91 Å². The van der Waals surface area contributed by atoms with Crippen LogP contribution in [0.4, 0.5) is 5.69 Å². The number of hydrogen-bond donors (Lipinski definition) is 1. The maximum absolute atomic E-state index is 12.7. The number of rotatable bonds is 6. The lowest BCUT2D eigenvalue weighted by molar-refractivity contribution is 0.0931. The van der Waals surface area contributed by atoms with Crippen molar-refractivity contribution >= 4 is 11.6 Å². The Morgan fingerprint density at radius 2 is 2.12 bits per heavy atom. The normalized spacial score (nSPS) is 14.8. The summed E-state index contributed by atoms with van der Waals surface area (Å²) in [5.74, 6) is 0.555. The van der Waals surface area contributed by atoms with E-state index in [1.54, 1.807) is 31.4 Å². The number of pyridine rings is 1. The molecule has 1 atom stereocenters. The molecule has 0 spiro atoms. The minimum atomic E-state index is -0.310. The number of benzene rings is 1. The molecule has 1 saturated carbocycles. The summed E-state index contributed by atoms with van der Waals surface area (Å²) < 4.78 is 5.17. The molecule has 0 saturated heterocycles. The van der Waals surface area contributed by atoms with Gasteiger partial charge in [-0.05, 0) is 49.1 Å². The van der Waals surface area contributed by atoms with E-state index in [0.717, 1.165) is 24.1 Å². The van der Waals surface area contributed by atoms with Crippen LogP contribution in [-0.2, 0) is 0 Å². The lowest BCUT2D eigenvalue weighted by Crippen LogP contribution is -2.30. The molecule has 1 aliphatic rings. The molecule has 1 heterocycles. The topological polar surface area (TPSA) is 80.6 Å². The van der Waals surface area contributed by atoms with E-state index in [9.17, 15) is 9.70 Å². The number of hydrogen-bond acceptors (Lipinski definition) is 5. The summed E-state index contributed by atoms with van der Waals surface area (Å²) in [6.45, 7) is 1.87. The molecule has 1 unspecified atom stereocenters. The highest BCUT2D eigenvalue weighted by molar-refractivity contribution is 5.99. The number of amides is 1. The molecular weight excluding hydrogens is 306 g/mol. The first-order valence-electron chi connectivity index (χ1n) is 7.88. The molecule has 1 aliphatic carbocycles. The van der Waals surface area contributed by atoms with Crippen molar-refractivity contribution in [2.75, 3.05) is 7.11 Å². The number of carbonyl (C=O) groups is 1. The predicted octanol–water partition coefficient (Wildman–Crippen LogP) is 3.68. The largest absolute Gasteiger partial charge is 0.481 e. The summed E-state index contributed by atoms with van der Waals surface area (Å²) in [5.41, 5.74) is 2.10. The molecule has 0 bridgehead atoms. The average molecular weight is 325 g/mol. The van der Waals surface area contributed by atoms with E-state index in [1.807, 2.05) is 19.1 Å². The van der Waals surface area contributed by atoms with Gasteiger partial charge in [0.1, 0.15) is 5.69 Å². The molecule has 3 rings (SSSR count). The van der Waals surface area contributed by atoms with Crippen molar-refractivity contribution in [2.45, 2.75) is 25.8 Å². The maximum atomic E-state index is 12.7. The number of nitrogens with one attached hydrogen (secondary N) is 1. The van der Waals surface area contributed by atoms with Gasteiger partial charge in [-0.1, -0.05) is 17.7 Å². The van der Waals surface area contributed by atoms with Crippen LogP contribution in [0, 0.1) is 17.7 Å². The Hall–Kier alpha value is -2.76. The summed E-state index contributed by atoms with van der Waals surface area (Å²) in [7, 11) is 1.56. The first-order valence-corrected chi connectivity index (χ1v) is 7.88. The number of nitroso groups, excluding NO2 is 1. The molecule has 1 aromatic carbocycles. The number of methoxy groups -OCH3 is 1. The number of nitrogens with zero attached hydrogens (tertiary/aromatic N) is 2. The predicted molar refractivity (Wildman–Crippen MR) is 90.4 cm³/mol. The van der Waals surface area contributed by atoms with Gasteiger partial charge in [0.25, 0.3) is 5.91 Å². The van der Waals surface area contributed by atoms with E-state index in [2.05, 4.69) is 15.5 Å². The van der Waals surface area contributed by atoms with Crippen molar-refractivity contribution in [1.29, 1.82) is 0 Å². The van der Waals surface area contributed by atoms with Crippen LogP contribution in [0.5, 0.6) is 5.88 Å². The van der Waals surface area contributed by atoms with Gasteiger partial charge >= 0.3 is 0 Å². The van der Waals surface area contributed by atoms with E-state index in [1.165, 1.54) is 0 Å². The van der Waals surface area contributed by atoms with Gasteiger partial charge in [0, 0.05) is 6.07 Å². The molecule has 124 valence electrons. The van der Waals surface area contributed by atoms with E-state index >= 15 is 0 Å². The van der Waals surface area contributed by atoms with Crippen LogP contribution in [0.15, 0.2) is 41.6 Å². The summed E-state index contributed by atoms with van der Waals surface area (Å²) >= 11 is 0. The molecular formula is C18H19N3O3. The van der Waals surface area contributed by atoms with Gasteiger partial charge in [0.15, 0.2) is 0 Å². The van der Waals surface area contributed by atoms with Gasteiger partial charge in [-0.25, -0.2) is 4.98 Å². The maximum Gasteiger partial charge on any atom is 0.254 e.